The van der Waals surface area contributed by atoms with E-state index in [2.05, 4.69) is 5.32 Å². The van der Waals surface area contributed by atoms with Crippen LogP contribution in [-0.4, -0.2) is 25.6 Å². The number of nitrogens with one attached hydrogen (secondary N) is 1. The maximum atomic E-state index is 11.8. The highest BCUT2D eigenvalue weighted by Crippen LogP contribution is 2.27. The Labute approximate surface area is 130 Å². The number of carbonyl (C=O) groups is 2. The highest BCUT2D eigenvalue weighted by Gasteiger charge is 2.13. The summed E-state index contributed by atoms with van der Waals surface area (Å²) in [5, 5.41) is 4.80. The molecule has 7 heteroatoms. The van der Waals surface area contributed by atoms with Gasteiger partial charge in [0.2, 0.25) is 0 Å². The van der Waals surface area contributed by atoms with Gasteiger partial charge in [-0.05, 0) is 29.6 Å². The minimum Gasteiger partial charge on any atom is -0.495 e. The van der Waals surface area contributed by atoms with Gasteiger partial charge in [0.05, 0.1) is 12.8 Å². The van der Waals surface area contributed by atoms with Gasteiger partial charge in [-0.2, -0.15) is 0 Å². The van der Waals surface area contributed by atoms with Crippen LogP contribution in [0.25, 0.3) is 0 Å². The molecule has 0 aliphatic rings. The van der Waals surface area contributed by atoms with E-state index < -0.39 is 11.9 Å². The number of methoxy groups -OCH3 is 1. The minimum absolute atomic E-state index is 0.383. The van der Waals surface area contributed by atoms with Crippen LogP contribution in [0, 0.1) is 0 Å². The molecule has 1 aromatic carbocycles. The molecule has 0 spiro atoms. The number of halogens is 1. The zero-order valence-electron chi connectivity index (χ0n) is 11.1. The van der Waals surface area contributed by atoms with Crippen LogP contribution in [-0.2, 0) is 9.53 Å². The molecule has 2 rings (SSSR count). The highest BCUT2D eigenvalue weighted by atomic mass is 35.5. The molecule has 0 radical (unpaired) electrons. The number of amides is 1. The van der Waals surface area contributed by atoms with Crippen LogP contribution in [0.3, 0.4) is 0 Å². The standard InChI is InChI=1S/C14H12ClNO4S/c1-19-11-5-4-9(15)7-10(11)16-13(17)8-20-14(18)12-3-2-6-21-12/h2-7H,8H2,1H3,(H,16,17). The molecule has 110 valence electrons. The normalized spacial score (nSPS) is 10.0. The maximum absolute atomic E-state index is 11.8. The Morgan fingerprint density at radius 3 is 2.81 bits per heavy atom. The van der Waals surface area contributed by atoms with Gasteiger partial charge < -0.3 is 14.8 Å². The number of hydrogen-bond acceptors (Lipinski definition) is 5. The summed E-state index contributed by atoms with van der Waals surface area (Å²) >= 11 is 7.11. The summed E-state index contributed by atoms with van der Waals surface area (Å²) in [5.74, 6) is -0.531. The third-order valence-corrected chi connectivity index (χ3v) is 3.58. The van der Waals surface area contributed by atoms with Gasteiger partial charge in [0, 0.05) is 5.02 Å². The van der Waals surface area contributed by atoms with Crippen molar-refractivity contribution < 1.29 is 19.1 Å². The van der Waals surface area contributed by atoms with E-state index in [0.29, 0.717) is 21.3 Å². The second-order valence-electron chi connectivity index (χ2n) is 3.95. The largest absolute Gasteiger partial charge is 0.495 e. The minimum atomic E-state index is -0.529. The van der Waals surface area contributed by atoms with E-state index in [1.807, 2.05) is 0 Å². The summed E-state index contributed by atoms with van der Waals surface area (Å²) in [5.41, 5.74) is 0.419. The van der Waals surface area contributed by atoms with E-state index in [1.54, 1.807) is 35.7 Å². The quantitative estimate of drug-likeness (QED) is 0.857. The lowest BCUT2D eigenvalue weighted by Crippen LogP contribution is -2.20. The van der Waals surface area contributed by atoms with E-state index in [9.17, 15) is 9.59 Å². The number of ether oxygens (including phenoxy) is 2. The molecule has 1 N–H and O–H groups in total. The molecule has 0 aliphatic carbocycles. The molecular weight excluding hydrogens is 314 g/mol. The molecular formula is C14H12ClNO4S. The van der Waals surface area contributed by atoms with E-state index in [-0.39, 0.29) is 6.61 Å². The Balaban J connectivity index is 1.93. The molecule has 2 aromatic rings. The first-order valence-electron chi connectivity index (χ1n) is 5.94. The highest BCUT2D eigenvalue weighted by molar-refractivity contribution is 7.11. The van der Waals surface area contributed by atoms with Gasteiger partial charge in [0.25, 0.3) is 5.91 Å². The molecule has 0 saturated carbocycles. The van der Waals surface area contributed by atoms with Crippen LogP contribution in [0.2, 0.25) is 5.02 Å². The first-order chi connectivity index (χ1) is 10.1. The van der Waals surface area contributed by atoms with Crippen molar-refractivity contribution in [1.29, 1.82) is 0 Å². The number of hydrogen-bond donors (Lipinski definition) is 1. The first kappa shape index (κ1) is 15.3. The number of anilines is 1. The van der Waals surface area contributed by atoms with E-state index in [1.165, 1.54) is 18.4 Å². The summed E-state index contributed by atoms with van der Waals surface area (Å²) in [6.45, 7) is -0.383. The Morgan fingerprint density at radius 2 is 2.14 bits per heavy atom. The van der Waals surface area contributed by atoms with Gasteiger partial charge in [0.15, 0.2) is 6.61 Å². The second kappa shape index (κ2) is 7.10. The summed E-state index contributed by atoms with van der Waals surface area (Å²) in [6, 6.07) is 8.20. The van der Waals surface area contributed by atoms with Crippen LogP contribution >= 0.6 is 22.9 Å². The Kier molecular flexibility index (Phi) is 5.19. The van der Waals surface area contributed by atoms with E-state index in [4.69, 9.17) is 21.1 Å². The maximum Gasteiger partial charge on any atom is 0.348 e. The van der Waals surface area contributed by atoms with Gasteiger partial charge in [-0.1, -0.05) is 17.7 Å². The average molecular weight is 326 g/mol. The van der Waals surface area contributed by atoms with Crippen molar-refractivity contribution in [3.05, 3.63) is 45.6 Å². The number of esters is 1. The average Bonchev–Trinajstić information content (AvgIpc) is 2.99. The van der Waals surface area contributed by atoms with Crippen molar-refractivity contribution in [3.8, 4) is 5.75 Å². The van der Waals surface area contributed by atoms with E-state index >= 15 is 0 Å². The fourth-order valence-electron chi connectivity index (χ4n) is 1.56. The van der Waals surface area contributed by atoms with Crippen LogP contribution < -0.4 is 10.1 Å². The Bertz CT molecular complexity index is 642. The fourth-order valence-corrected chi connectivity index (χ4v) is 2.35. The SMILES string of the molecule is COc1ccc(Cl)cc1NC(=O)COC(=O)c1cccs1. The summed E-state index contributed by atoms with van der Waals surface area (Å²) < 4.78 is 10.0. The lowest BCUT2D eigenvalue weighted by molar-refractivity contribution is -0.119. The predicted molar refractivity (Wildman–Crippen MR) is 81.2 cm³/mol. The summed E-state index contributed by atoms with van der Waals surface area (Å²) in [4.78, 5) is 23.8. The van der Waals surface area contributed by atoms with Gasteiger partial charge in [-0.15, -0.1) is 11.3 Å². The molecule has 1 amide bonds. The molecule has 0 saturated heterocycles. The number of benzene rings is 1. The lowest BCUT2D eigenvalue weighted by atomic mass is 10.3. The summed E-state index contributed by atoms with van der Waals surface area (Å²) in [7, 11) is 1.48. The number of carbonyl (C=O) groups excluding carboxylic acids is 2. The monoisotopic (exact) mass is 325 g/mol. The smallest absolute Gasteiger partial charge is 0.348 e. The fraction of sp³-hybridized carbons (Fsp3) is 0.143. The topological polar surface area (TPSA) is 64.6 Å². The van der Waals surface area contributed by atoms with Gasteiger partial charge >= 0.3 is 5.97 Å². The Morgan fingerprint density at radius 1 is 1.33 bits per heavy atom. The predicted octanol–water partition coefficient (Wildman–Crippen LogP) is 3.21. The van der Waals surface area contributed by atoms with Crippen LogP contribution in [0.15, 0.2) is 35.7 Å². The van der Waals surface area contributed by atoms with Crippen molar-refractivity contribution in [1.82, 2.24) is 0 Å². The number of thiophene rings is 1. The van der Waals surface area contributed by atoms with E-state index in [0.717, 1.165) is 0 Å². The molecule has 0 aliphatic heterocycles. The van der Waals surface area contributed by atoms with Gasteiger partial charge in [0.1, 0.15) is 10.6 Å². The van der Waals surface area contributed by atoms with Crippen LogP contribution in [0.1, 0.15) is 9.67 Å². The molecule has 0 bridgehead atoms. The third-order valence-electron chi connectivity index (χ3n) is 2.49. The second-order valence-corrected chi connectivity index (χ2v) is 5.33. The molecule has 1 aromatic heterocycles. The number of rotatable bonds is 5. The van der Waals surface area contributed by atoms with Crippen LogP contribution in [0.5, 0.6) is 5.75 Å². The molecule has 0 unspecified atom stereocenters. The van der Waals surface area contributed by atoms with Crippen molar-refractivity contribution in [2.75, 3.05) is 19.0 Å². The van der Waals surface area contributed by atoms with Gasteiger partial charge in [-0.3, -0.25) is 4.79 Å². The van der Waals surface area contributed by atoms with Crippen molar-refractivity contribution >= 4 is 40.5 Å². The lowest BCUT2D eigenvalue weighted by Gasteiger charge is -2.10. The van der Waals surface area contributed by atoms with Crippen molar-refractivity contribution in [2.45, 2.75) is 0 Å². The molecule has 0 fully saturated rings. The molecule has 1 heterocycles. The third kappa shape index (κ3) is 4.21. The zero-order chi connectivity index (χ0) is 15.2. The Hall–Kier alpha value is -2.05. The van der Waals surface area contributed by atoms with Crippen LogP contribution in [0.4, 0.5) is 5.69 Å². The van der Waals surface area contributed by atoms with Crippen molar-refractivity contribution in [2.24, 2.45) is 0 Å². The molecule has 0 atom stereocenters. The van der Waals surface area contributed by atoms with Gasteiger partial charge in [-0.25, -0.2) is 4.79 Å². The zero-order valence-corrected chi connectivity index (χ0v) is 12.7. The first-order valence-corrected chi connectivity index (χ1v) is 7.20. The molecule has 5 nitrogen and oxygen atoms in total. The van der Waals surface area contributed by atoms with Crippen molar-refractivity contribution in [3.63, 3.8) is 0 Å². The summed E-state index contributed by atoms with van der Waals surface area (Å²) in [6.07, 6.45) is 0. The molecule has 21 heavy (non-hydrogen) atoms.